The molecule has 0 atom stereocenters. The lowest BCUT2D eigenvalue weighted by Gasteiger charge is -2.22. The molecule has 1 heterocycles. The first kappa shape index (κ1) is 16.2. The number of nitrogen functional groups attached to an aromatic ring is 1. The molecular formula is C10H20N4O3S2. The minimum Gasteiger partial charge on any atom is -0.396 e. The van der Waals surface area contributed by atoms with E-state index < -0.39 is 10.0 Å². The van der Waals surface area contributed by atoms with Crippen molar-refractivity contribution in [2.75, 3.05) is 38.3 Å². The van der Waals surface area contributed by atoms with Gasteiger partial charge in [-0.15, -0.1) is 0 Å². The Kier molecular flexibility index (Phi) is 4.77. The maximum absolute atomic E-state index is 12.2. The molecule has 9 heteroatoms. The minimum atomic E-state index is -3.64. The van der Waals surface area contributed by atoms with E-state index in [1.807, 2.05) is 13.8 Å². The van der Waals surface area contributed by atoms with Crippen LogP contribution in [0.5, 0.6) is 0 Å². The van der Waals surface area contributed by atoms with Crippen LogP contribution in [0.1, 0.15) is 13.8 Å². The van der Waals surface area contributed by atoms with Gasteiger partial charge in [0.1, 0.15) is 5.00 Å². The Hall–Kier alpha value is -0.900. The number of aliphatic hydroxyl groups is 1. The first-order valence-electron chi connectivity index (χ1n) is 5.64. The zero-order chi connectivity index (χ0) is 14.8. The van der Waals surface area contributed by atoms with Crippen LogP contribution in [0.25, 0.3) is 0 Å². The van der Waals surface area contributed by atoms with Crippen molar-refractivity contribution in [3.8, 4) is 0 Å². The van der Waals surface area contributed by atoms with Crippen molar-refractivity contribution >= 4 is 32.4 Å². The maximum Gasteiger partial charge on any atom is 0.249 e. The highest BCUT2D eigenvalue weighted by atomic mass is 32.2. The third-order valence-electron chi connectivity index (χ3n) is 2.57. The molecule has 0 spiro atoms. The summed E-state index contributed by atoms with van der Waals surface area (Å²) < 4.78 is 29.3. The van der Waals surface area contributed by atoms with Gasteiger partial charge >= 0.3 is 0 Å². The molecule has 0 aliphatic heterocycles. The lowest BCUT2D eigenvalue weighted by Crippen LogP contribution is -2.28. The zero-order valence-electron chi connectivity index (χ0n) is 11.5. The fraction of sp³-hybridized carbons (Fsp3) is 0.700. The number of hydrogen-bond donors (Lipinski definition) is 3. The van der Waals surface area contributed by atoms with Gasteiger partial charge in [-0.1, -0.05) is 13.8 Å². The van der Waals surface area contributed by atoms with E-state index in [0.29, 0.717) is 11.5 Å². The molecule has 0 aliphatic rings. The van der Waals surface area contributed by atoms with E-state index in [4.69, 9.17) is 5.73 Å². The summed E-state index contributed by atoms with van der Waals surface area (Å²) >= 11 is 0.998. The van der Waals surface area contributed by atoms with E-state index in [9.17, 15) is 13.5 Å². The van der Waals surface area contributed by atoms with Gasteiger partial charge in [0.25, 0.3) is 0 Å². The Morgan fingerprint density at radius 2 is 2.05 bits per heavy atom. The smallest absolute Gasteiger partial charge is 0.249 e. The second-order valence-corrected chi connectivity index (χ2v) is 8.05. The molecule has 1 aromatic heterocycles. The van der Waals surface area contributed by atoms with Crippen molar-refractivity contribution < 1.29 is 13.5 Å². The molecule has 1 aromatic rings. The fourth-order valence-corrected chi connectivity index (χ4v) is 3.29. The van der Waals surface area contributed by atoms with Crippen molar-refractivity contribution in [2.24, 2.45) is 5.41 Å². The predicted molar refractivity (Wildman–Crippen MR) is 76.8 cm³/mol. The molecule has 0 saturated carbocycles. The highest BCUT2D eigenvalue weighted by molar-refractivity contribution is 7.89. The van der Waals surface area contributed by atoms with Gasteiger partial charge < -0.3 is 16.2 Å². The Bertz CT molecular complexity index is 537. The standard InChI is InChI=1S/C10H20N4O3S2/c1-10(2,6-15)5-12-9-7(8(11)13-18-9)19(16,17)14(3)4/h12,15H,5-6H2,1-4H3,(H2,11,13). The monoisotopic (exact) mass is 308 g/mol. The Labute approximate surface area is 117 Å². The van der Waals surface area contributed by atoms with Crippen LogP contribution in [-0.4, -0.2) is 49.5 Å². The number of nitrogens with zero attached hydrogens (tertiary/aromatic N) is 2. The number of aliphatic hydroxyl groups excluding tert-OH is 1. The van der Waals surface area contributed by atoms with Crippen LogP contribution < -0.4 is 11.1 Å². The van der Waals surface area contributed by atoms with Gasteiger partial charge in [0.15, 0.2) is 10.7 Å². The van der Waals surface area contributed by atoms with Gasteiger partial charge in [0.05, 0.1) is 0 Å². The molecule has 0 amide bonds. The van der Waals surface area contributed by atoms with Gasteiger partial charge in [0.2, 0.25) is 10.0 Å². The van der Waals surface area contributed by atoms with Crippen LogP contribution >= 0.6 is 11.5 Å². The maximum atomic E-state index is 12.2. The summed E-state index contributed by atoms with van der Waals surface area (Å²) in [6.45, 7) is 4.14. The van der Waals surface area contributed by atoms with Crippen LogP contribution in [-0.2, 0) is 10.0 Å². The largest absolute Gasteiger partial charge is 0.396 e. The Balaban J connectivity index is 3.06. The first-order chi connectivity index (χ1) is 8.62. The predicted octanol–water partition coefficient (Wildman–Crippen LogP) is 0.406. The van der Waals surface area contributed by atoms with Gasteiger partial charge in [-0.25, -0.2) is 12.7 Å². The van der Waals surface area contributed by atoms with Crippen molar-refractivity contribution in [3.63, 3.8) is 0 Å². The van der Waals surface area contributed by atoms with E-state index in [-0.39, 0.29) is 22.7 Å². The first-order valence-corrected chi connectivity index (χ1v) is 7.85. The van der Waals surface area contributed by atoms with Crippen LogP contribution in [0.4, 0.5) is 10.8 Å². The van der Waals surface area contributed by atoms with E-state index in [1.165, 1.54) is 14.1 Å². The highest BCUT2D eigenvalue weighted by Crippen LogP contribution is 2.33. The summed E-state index contributed by atoms with van der Waals surface area (Å²) in [5.74, 6) is -0.0111. The quantitative estimate of drug-likeness (QED) is 0.702. The van der Waals surface area contributed by atoms with E-state index in [1.54, 1.807) is 0 Å². The summed E-state index contributed by atoms with van der Waals surface area (Å²) in [6.07, 6.45) is 0. The van der Waals surface area contributed by atoms with Crippen molar-refractivity contribution in [3.05, 3.63) is 0 Å². The summed E-state index contributed by atoms with van der Waals surface area (Å²) in [7, 11) is -0.761. The number of aromatic nitrogens is 1. The van der Waals surface area contributed by atoms with Crippen molar-refractivity contribution in [2.45, 2.75) is 18.7 Å². The summed E-state index contributed by atoms with van der Waals surface area (Å²) in [4.78, 5) is -0.00348. The lowest BCUT2D eigenvalue weighted by molar-refractivity contribution is 0.171. The van der Waals surface area contributed by atoms with Crippen LogP contribution in [0.2, 0.25) is 0 Å². The molecule has 0 aliphatic carbocycles. The van der Waals surface area contributed by atoms with Crippen LogP contribution in [0.3, 0.4) is 0 Å². The third-order valence-corrected chi connectivity index (χ3v) is 5.41. The van der Waals surface area contributed by atoms with Gasteiger partial charge in [-0.2, -0.15) is 4.37 Å². The van der Waals surface area contributed by atoms with E-state index >= 15 is 0 Å². The molecular weight excluding hydrogens is 288 g/mol. The topological polar surface area (TPSA) is 109 Å². The molecule has 0 fully saturated rings. The van der Waals surface area contributed by atoms with Gasteiger partial charge in [-0.05, 0) is 11.5 Å². The molecule has 19 heavy (non-hydrogen) atoms. The minimum absolute atomic E-state index is 0.00348. The zero-order valence-corrected chi connectivity index (χ0v) is 13.1. The van der Waals surface area contributed by atoms with Gasteiger partial charge in [-0.3, -0.25) is 0 Å². The number of nitrogens with one attached hydrogen (secondary N) is 1. The van der Waals surface area contributed by atoms with Gasteiger partial charge in [0, 0.05) is 32.7 Å². The molecule has 0 saturated heterocycles. The second-order valence-electron chi connectivity index (χ2n) is 5.19. The molecule has 7 nitrogen and oxygen atoms in total. The number of rotatable bonds is 6. The summed E-state index contributed by atoms with van der Waals surface area (Å²) in [5, 5.41) is 12.6. The number of hydrogen-bond acceptors (Lipinski definition) is 7. The molecule has 110 valence electrons. The van der Waals surface area contributed by atoms with Crippen molar-refractivity contribution in [1.29, 1.82) is 0 Å². The molecule has 0 bridgehead atoms. The van der Waals surface area contributed by atoms with Crippen LogP contribution in [0, 0.1) is 5.41 Å². The highest BCUT2D eigenvalue weighted by Gasteiger charge is 2.28. The number of sulfonamides is 1. The second kappa shape index (κ2) is 5.61. The number of anilines is 2. The molecule has 1 rings (SSSR count). The SMILES string of the molecule is CN(C)S(=O)(=O)c1c(N)nsc1NCC(C)(C)CO. The average molecular weight is 308 g/mol. The van der Waals surface area contributed by atoms with Crippen LogP contribution in [0.15, 0.2) is 4.90 Å². The third kappa shape index (κ3) is 3.56. The van der Waals surface area contributed by atoms with Crippen molar-refractivity contribution in [1.82, 2.24) is 8.68 Å². The Morgan fingerprint density at radius 3 is 2.53 bits per heavy atom. The lowest BCUT2D eigenvalue weighted by atomic mass is 9.95. The fourth-order valence-electron chi connectivity index (χ4n) is 1.21. The molecule has 0 radical (unpaired) electrons. The van der Waals surface area contributed by atoms with E-state index in [2.05, 4.69) is 9.69 Å². The number of nitrogens with two attached hydrogens (primary N) is 1. The summed E-state index contributed by atoms with van der Waals surface area (Å²) in [6, 6.07) is 0. The Morgan fingerprint density at radius 1 is 1.47 bits per heavy atom. The average Bonchev–Trinajstić information content (AvgIpc) is 2.68. The molecule has 0 aromatic carbocycles. The normalized spacial score (nSPS) is 12.9. The van der Waals surface area contributed by atoms with E-state index in [0.717, 1.165) is 15.8 Å². The molecule has 0 unspecified atom stereocenters. The summed E-state index contributed by atoms with van der Waals surface area (Å²) in [5.41, 5.74) is 5.28. The molecule has 4 N–H and O–H groups in total.